The van der Waals surface area contributed by atoms with Gasteiger partial charge >= 0.3 is 0 Å². The zero-order valence-corrected chi connectivity index (χ0v) is 16.9. The van der Waals surface area contributed by atoms with Crippen molar-refractivity contribution in [3.8, 4) is 0 Å². The third kappa shape index (κ3) is 3.57. The van der Waals surface area contributed by atoms with Gasteiger partial charge in [-0.3, -0.25) is 4.79 Å². The molecular formula is C21H25N3O4S. The molecule has 154 valence electrons. The summed E-state index contributed by atoms with van der Waals surface area (Å²) in [5.74, 6) is -0.720. The highest BCUT2D eigenvalue weighted by Gasteiger charge is 2.54. The number of nitrogens with one attached hydrogen (secondary N) is 2. The minimum atomic E-state index is -1.01. The summed E-state index contributed by atoms with van der Waals surface area (Å²) in [6.07, 6.45) is -1.86. The number of methoxy groups -OCH3 is 1. The van der Waals surface area contributed by atoms with Crippen LogP contribution in [0.25, 0.3) is 10.8 Å². The SMILES string of the molecule is COCCNC(=O)C1CC(O)C(O)C2NC(=S)N(c3cccc4ccccc34)C12. The van der Waals surface area contributed by atoms with Crippen molar-refractivity contribution < 1.29 is 19.7 Å². The van der Waals surface area contributed by atoms with Crippen molar-refractivity contribution in [3.63, 3.8) is 0 Å². The molecule has 8 heteroatoms. The summed E-state index contributed by atoms with van der Waals surface area (Å²) in [5.41, 5.74) is 0.881. The van der Waals surface area contributed by atoms with Crippen LogP contribution in [-0.4, -0.2) is 65.8 Å². The number of aliphatic hydroxyl groups excluding tert-OH is 2. The highest BCUT2D eigenvalue weighted by atomic mass is 32.1. The van der Waals surface area contributed by atoms with Crippen LogP contribution in [0.1, 0.15) is 6.42 Å². The van der Waals surface area contributed by atoms with Crippen LogP contribution in [0.3, 0.4) is 0 Å². The largest absolute Gasteiger partial charge is 0.390 e. The molecule has 0 aromatic heterocycles. The first-order valence-corrected chi connectivity index (χ1v) is 10.1. The lowest BCUT2D eigenvalue weighted by Gasteiger charge is -2.41. The average molecular weight is 416 g/mol. The molecule has 29 heavy (non-hydrogen) atoms. The van der Waals surface area contributed by atoms with Crippen LogP contribution in [0.5, 0.6) is 0 Å². The third-order valence-electron chi connectivity index (χ3n) is 5.81. The van der Waals surface area contributed by atoms with Gasteiger partial charge in [-0.05, 0) is 30.1 Å². The summed E-state index contributed by atoms with van der Waals surface area (Å²) in [5, 5.41) is 29.5. The van der Waals surface area contributed by atoms with E-state index < -0.39 is 30.2 Å². The zero-order valence-electron chi connectivity index (χ0n) is 16.1. The molecule has 1 saturated carbocycles. The molecule has 1 aliphatic heterocycles. The summed E-state index contributed by atoms with van der Waals surface area (Å²) in [6.45, 7) is 0.787. The second kappa shape index (κ2) is 8.23. The number of nitrogens with zero attached hydrogens (tertiary/aromatic N) is 1. The number of anilines is 1. The molecule has 5 unspecified atom stereocenters. The Morgan fingerprint density at radius 1 is 1.28 bits per heavy atom. The fourth-order valence-electron chi connectivity index (χ4n) is 4.45. The van der Waals surface area contributed by atoms with Gasteiger partial charge in [0.2, 0.25) is 5.91 Å². The molecule has 4 N–H and O–H groups in total. The standard InChI is InChI=1S/C21H25N3O4S/c1-28-10-9-22-20(27)14-11-16(25)19(26)17-18(14)24(21(29)23-17)15-8-4-6-12-5-2-3-7-13(12)15/h2-8,14,16-19,25-26H,9-11H2,1H3,(H,22,27)(H,23,29). The Labute approximate surface area is 174 Å². The van der Waals surface area contributed by atoms with Gasteiger partial charge in [0.15, 0.2) is 5.11 Å². The summed E-state index contributed by atoms with van der Waals surface area (Å²) < 4.78 is 5.01. The predicted molar refractivity (Wildman–Crippen MR) is 115 cm³/mol. The maximum absolute atomic E-state index is 13.0. The average Bonchev–Trinajstić information content (AvgIpc) is 3.07. The zero-order chi connectivity index (χ0) is 20.5. The fourth-order valence-corrected chi connectivity index (χ4v) is 4.80. The molecule has 0 radical (unpaired) electrons. The number of fused-ring (bicyclic) bond motifs is 2. The van der Waals surface area contributed by atoms with E-state index in [0.717, 1.165) is 16.5 Å². The first-order valence-electron chi connectivity index (χ1n) is 9.73. The summed E-state index contributed by atoms with van der Waals surface area (Å²) in [7, 11) is 1.57. The van der Waals surface area contributed by atoms with Gasteiger partial charge in [0.1, 0.15) is 6.10 Å². The van der Waals surface area contributed by atoms with Crippen LogP contribution in [-0.2, 0) is 9.53 Å². The molecule has 4 rings (SSSR count). The van der Waals surface area contributed by atoms with Crippen molar-refractivity contribution in [2.45, 2.75) is 30.7 Å². The van der Waals surface area contributed by atoms with Crippen LogP contribution in [0.4, 0.5) is 5.69 Å². The van der Waals surface area contributed by atoms with E-state index >= 15 is 0 Å². The monoisotopic (exact) mass is 415 g/mol. The predicted octanol–water partition coefficient (Wildman–Crippen LogP) is 0.776. The fraction of sp³-hybridized carbons (Fsp3) is 0.429. The topological polar surface area (TPSA) is 94.1 Å². The van der Waals surface area contributed by atoms with Crippen molar-refractivity contribution in [3.05, 3.63) is 42.5 Å². The smallest absolute Gasteiger partial charge is 0.225 e. The number of hydrogen-bond acceptors (Lipinski definition) is 5. The van der Waals surface area contributed by atoms with Gasteiger partial charge in [0.25, 0.3) is 0 Å². The Morgan fingerprint density at radius 3 is 2.83 bits per heavy atom. The van der Waals surface area contributed by atoms with Crippen LogP contribution < -0.4 is 15.5 Å². The summed E-state index contributed by atoms with van der Waals surface area (Å²) >= 11 is 5.61. The second-order valence-corrected chi connectivity index (χ2v) is 7.90. The lowest BCUT2D eigenvalue weighted by Crippen LogP contribution is -2.61. The van der Waals surface area contributed by atoms with Crippen molar-refractivity contribution >= 4 is 39.7 Å². The lowest BCUT2D eigenvalue weighted by molar-refractivity contribution is -0.131. The lowest BCUT2D eigenvalue weighted by atomic mass is 9.77. The van der Waals surface area contributed by atoms with Gasteiger partial charge < -0.3 is 30.5 Å². The number of amides is 1. The van der Waals surface area contributed by atoms with E-state index in [4.69, 9.17) is 17.0 Å². The van der Waals surface area contributed by atoms with Crippen molar-refractivity contribution in [1.29, 1.82) is 0 Å². The normalized spacial score (nSPS) is 28.9. The molecular weight excluding hydrogens is 390 g/mol. The quantitative estimate of drug-likeness (QED) is 0.423. The Hall–Kier alpha value is -2.26. The van der Waals surface area contributed by atoms with Crippen LogP contribution in [0.2, 0.25) is 0 Å². The molecule has 2 aromatic rings. The number of benzene rings is 2. The van der Waals surface area contributed by atoms with Crippen LogP contribution >= 0.6 is 12.2 Å². The van der Waals surface area contributed by atoms with Crippen molar-refractivity contribution in [2.24, 2.45) is 5.92 Å². The number of rotatable bonds is 5. The van der Waals surface area contributed by atoms with Crippen molar-refractivity contribution in [2.75, 3.05) is 25.2 Å². The number of hydrogen-bond donors (Lipinski definition) is 4. The molecule has 2 aliphatic rings. The van der Waals surface area contributed by atoms with Gasteiger partial charge in [-0.15, -0.1) is 0 Å². The van der Waals surface area contributed by atoms with Gasteiger partial charge in [-0.2, -0.15) is 0 Å². The van der Waals surface area contributed by atoms with E-state index in [-0.39, 0.29) is 12.3 Å². The van der Waals surface area contributed by atoms with Gasteiger partial charge in [0, 0.05) is 19.0 Å². The molecule has 5 atom stereocenters. The minimum Gasteiger partial charge on any atom is -0.390 e. The Bertz CT molecular complexity index is 918. The van der Waals surface area contributed by atoms with Crippen molar-refractivity contribution in [1.82, 2.24) is 10.6 Å². The maximum atomic E-state index is 13.0. The Morgan fingerprint density at radius 2 is 2.03 bits per heavy atom. The number of thiocarbonyl (C=S) groups is 1. The van der Waals surface area contributed by atoms with Gasteiger partial charge in [-0.25, -0.2) is 0 Å². The highest BCUT2D eigenvalue weighted by Crippen LogP contribution is 2.39. The number of aliphatic hydroxyl groups is 2. The first-order chi connectivity index (χ1) is 14.0. The molecule has 2 aromatic carbocycles. The number of carbonyl (C=O) groups is 1. The number of carbonyl (C=O) groups excluding carboxylic acids is 1. The van der Waals surface area contributed by atoms with Crippen LogP contribution in [0.15, 0.2) is 42.5 Å². The molecule has 0 spiro atoms. The summed E-state index contributed by atoms with van der Waals surface area (Å²) in [4.78, 5) is 14.9. The molecule has 2 fully saturated rings. The molecule has 0 bridgehead atoms. The summed E-state index contributed by atoms with van der Waals surface area (Å²) in [6, 6.07) is 13.0. The molecule has 1 aliphatic carbocycles. The molecule has 1 saturated heterocycles. The third-order valence-corrected chi connectivity index (χ3v) is 6.13. The Kier molecular flexibility index (Phi) is 5.69. The van der Waals surface area contributed by atoms with E-state index in [0.29, 0.717) is 18.3 Å². The maximum Gasteiger partial charge on any atom is 0.225 e. The van der Waals surface area contributed by atoms with Crippen LogP contribution in [0, 0.1) is 5.92 Å². The molecule has 7 nitrogen and oxygen atoms in total. The van der Waals surface area contributed by atoms with E-state index in [9.17, 15) is 15.0 Å². The minimum absolute atomic E-state index is 0.159. The van der Waals surface area contributed by atoms with E-state index in [1.807, 2.05) is 47.4 Å². The molecule has 1 amide bonds. The number of ether oxygens (including phenoxy) is 1. The molecule has 1 heterocycles. The van der Waals surface area contributed by atoms with Gasteiger partial charge in [0.05, 0.1) is 36.4 Å². The highest BCUT2D eigenvalue weighted by molar-refractivity contribution is 7.80. The van der Waals surface area contributed by atoms with E-state index in [2.05, 4.69) is 10.6 Å². The Balaban J connectivity index is 1.74. The van der Waals surface area contributed by atoms with E-state index in [1.165, 1.54) is 0 Å². The first kappa shape index (κ1) is 20.0. The second-order valence-electron chi connectivity index (χ2n) is 7.52. The van der Waals surface area contributed by atoms with Gasteiger partial charge in [-0.1, -0.05) is 36.4 Å². The van der Waals surface area contributed by atoms with E-state index in [1.54, 1.807) is 7.11 Å².